The monoisotopic (exact) mass is 784 g/mol. The number of aliphatic hydroxyl groups is 8. The molecule has 13 atom stereocenters. The van der Waals surface area contributed by atoms with Gasteiger partial charge in [-0.3, -0.25) is 9.59 Å². The molecule has 2 heterocycles. The Kier molecular flexibility index (Phi) is 23.1. The molecular weight excluding hydrogens is 720 g/mol. The SMILES string of the molecule is CCC[C@H](O)CC(=O)O[C@H]1[C@H](O[C@H]2[C@H](O)[C@@H](O)[C@H](OC[C@H](O)CCCCCCCCCCCC[C@@H](O)C(=O)O)O[C@@H]2COC(C)=O)O[C@H](CO)[C@@H](O)[C@@H]1O. The smallest absolute Gasteiger partial charge is 0.332 e. The van der Waals surface area contributed by atoms with Crippen molar-refractivity contribution < 1.29 is 88.8 Å². The van der Waals surface area contributed by atoms with Crippen LogP contribution in [0, 0.1) is 0 Å². The number of aliphatic hydroxyl groups excluding tert-OH is 8. The van der Waals surface area contributed by atoms with E-state index in [2.05, 4.69) is 0 Å². The molecule has 2 aliphatic heterocycles. The molecule has 2 fully saturated rings. The molecule has 54 heavy (non-hydrogen) atoms. The first kappa shape index (κ1) is 48.1. The largest absolute Gasteiger partial charge is 0.479 e. The fraction of sp³-hybridized carbons (Fsp3) is 0.917. The molecule has 0 saturated carbocycles. The second-order valence-corrected chi connectivity index (χ2v) is 14.2. The molecule has 0 amide bonds. The zero-order chi connectivity index (χ0) is 40.2. The highest BCUT2D eigenvalue weighted by Gasteiger charge is 2.52. The molecular formula is C36H64O18. The molecule has 18 heteroatoms. The maximum atomic E-state index is 12.6. The van der Waals surface area contributed by atoms with Crippen LogP contribution in [0.15, 0.2) is 0 Å². The lowest BCUT2D eigenvalue weighted by Crippen LogP contribution is -2.65. The molecule has 9 N–H and O–H groups in total. The Morgan fingerprint density at radius 3 is 1.80 bits per heavy atom. The van der Waals surface area contributed by atoms with Crippen LogP contribution < -0.4 is 0 Å². The minimum atomic E-state index is -1.83. The highest BCUT2D eigenvalue weighted by molar-refractivity contribution is 5.71. The van der Waals surface area contributed by atoms with Crippen LogP contribution in [0.25, 0.3) is 0 Å². The van der Waals surface area contributed by atoms with Gasteiger partial charge in [-0.25, -0.2) is 4.79 Å². The van der Waals surface area contributed by atoms with E-state index in [4.69, 9.17) is 33.5 Å². The lowest BCUT2D eigenvalue weighted by atomic mass is 9.96. The second-order valence-electron chi connectivity index (χ2n) is 14.2. The number of esters is 2. The van der Waals surface area contributed by atoms with Crippen molar-refractivity contribution in [1.82, 2.24) is 0 Å². The predicted octanol–water partition coefficient (Wildman–Crippen LogP) is -0.212. The summed E-state index contributed by atoms with van der Waals surface area (Å²) in [5.74, 6) is -2.84. The van der Waals surface area contributed by atoms with E-state index in [1.54, 1.807) is 6.92 Å². The molecule has 0 aliphatic carbocycles. The lowest BCUT2D eigenvalue weighted by Gasteiger charge is -2.46. The van der Waals surface area contributed by atoms with E-state index >= 15 is 0 Å². The topological polar surface area (TPSA) is 289 Å². The van der Waals surface area contributed by atoms with E-state index in [1.807, 2.05) is 0 Å². The third kappa shape index (κ3) is 17.0. The summed E-state index contributed by atoms with van der Waals surface area (Å²) in [6.45, 7) is 1.41. The van der Waals surface area contributed by atoms with E-state index < -0.39 is 117 Å². The Morgan fingerprint density at radius 1 is 0.685 bits per heavy atom. The molecule has 2 rings (SSSR count). The van der Waals surface area contributed by atoms with E-state index in [1.165, 1.54) is 0 Å². The van der Waals surface area contributed by atoms with E-state index in [-0.39, 0.29) is 13.0 Å². The van der Waals surface area contributed by atoms with Crippen molar-refractivity contribution in [2.24, 2.45) is 0 Å². The molecule has 0 radical (unpaired) electrons. The van der Waals surface area contributed by atoms with Gasteiger partial charge in [0.2, 0.25) is 0 Å². The average Bonchev–Trinajstić information content (AvgIpc) is 3.12. The van der Waals surface area contributed by atoms with Crippen LogP contribution in [0.4, 0.5) is 0 Å². The summed E-state index contributed by atoms with van der Waals surface area (Å²) in [6, 6.07) is 0. The molecule has 2 aliphatic rings. The normalized spacial score (nSPS) is 30.3. The van der Waals surface area contributed by atoms with Crippen LogP contribution in [0.2, 0.25) is 0 Å². The molecule has 0 aromatic rings. The van der Waals surface area contributed by atoms with Gasteiger partial charge in [0.1, 0.15) is 49.3 Å². The molecule has 0 unspecified atom stereocenters. The fourth-order valence-corrected chi connectivity index (χ4v) is 6.36. The highest BCUT2D eigenvalue weighted by Crippen LogP contribution is 2.31. The molecule has 2 saturated heterocycles. The third-order valence-electron chi connectivity index (χ3n) is 9.50. The van der Waals surface area contributed by atoms with Gasteiger partial charge >= 0.3 is 17.9 Å². The maximum absolute atomic E-state index is 12.6. The minimum Gasteiger partial charge on any atom is -0.479 e. The molecule has 0 aromatic heterocycles. The van der Waals surface area contributed by atoms with Crippen molar-refractivity contribution in [1.29, 1.82) is 0 Å². The Balaban J connectivity index is 1.88. The van der Waals surface area contributed by atoms with Gasteiger partial charge in [0.25, 0.3) is 0 Å². The number of unbranched alkanes of at least 4 members (excludes halogenated alkanes) is 9. The van der Waals surface area contributed by atoms with Gasteiger partial charge < -0.3 is 74.4 Å². The summed E-state index contributed by atoms with van der Waals surface area (Å²) in [5, 5.41) is 91.6. The molecule has 18 nitrogen and oxygen atoms in total. The zero-order valence-electron chi connectivity index (χ0n) is 31.4. The third-order valence-corrected chi connectivity index (χ3v) is 9.50. The fourth-order valence-electron chi connectivity index (χ4n) is 6.36. The summed E-state index contributed by atoms with van der Waals surface area (Å²) in [6.07, 6.45) is -9.07. The molecule has 0 bridgehead atoms. The first-order valence-electron chi connectivity index (χ1n) is 19.2. The van der Waals surface area contributed by atoms with Gasteiger partial charge in [0.05, 0.1) is 31.8 Å². The van der Waals surface area contributed by atoms with E-state index in [9.17, 15) is 55.2 Å². The summed E-state index contributed by atoms with van der Waals surface area (Å²) in [5.41, 5.74) is 0. The van der Waals surface area contributed by atoms with Crippen LogP contribution in [0.5, 0.6) is 0 Å². The van der Waals surface area contributed by atoms with Crippen molar-refractivity contribution in [2.45, 2.75) is 190 Å². The number of rotatable bonds is 27. The number of hydrogen-bond donors (Lipinski definition) is 9. The number of ether oxygens (including phenoxy) is 6. The van der Waals surface area contributed by atoms with Gasteiger partial charge in [-0.05, 0) is 19.3 Å². The average molecular weight is 785 g/mol. The number of carbonyl (C=O) groups is 3. The zero-order valence-corrected chi connectivity index (χ0v) is 31.4. The van der Waals surface area contributed by atoms with Crippen LogP contribution in [-0.4, -0.2) is 163 Å². The Labute approximate surface area is 316 Å². The number of carboxylic acids is 1. The number of carboxylic acid groups (broad SMARTS) is 1. The van der Waals surface area contributed by atoms with Gasteiger partial charge in [0, 0.05) is 6.92 Å². The number of carbonyl (C=O) groups excluding carboxylic acids is 2. The standard InChI is InChI=1S/C36H64O18/c1-3-14-22(39)17-27(42)53-33-29(44)28(43)25(18-37)51-36(33)54-32-26(20-49-21(2)38)52-35(31(46)30(32)45)50-19-23(40)15-12-10-8-6-4-5-7-9-11-13-16-24(41)34(47)48/h22-26,28-33,35-37,39-41,43-46H,3-20H2,1-2H3,(H,47,48)/t22-,23+,24+,25+,26+,28+,29-,30+,31+,32+,33+,35+,36-/m0/s1. The van der Waals surface area contributed by atoms with E-state index in [0.717, 1.165) is 64.7 Å². The lowest BCUT2D eigenvalue weighted by molar-refractivity contribution is -0.361. The predicted molar refractivity (Wildman–Crippen MR) is 186 cm³/mol. The molecule has 316 valence electrons. The van der Waals surface area contributed by atoms with Crippen LogP contribution in [-0.2, 0) is 42.8 Å². The van der Waals surface area contributed by atoms with Crippen molar-refractivity contribution in [2.75, 3.05) is 19.8 Å². The summed E-state index contributed by atoms with van der Waals surface area (Å²) < 4.78 is 33.3. The summed E-state index contributed by atoms with van der Waals surface area (Å²) >= 11 is 0. The van der Waals surface area contributed by atoms with Crippen LogP contribution in [0.3, 0.4) is 0 Å². The van der Waals surface area contributed by atoms with Gasteiger partial charge in [-0.15, -0.1) is 0 Å². The first-order valence-corrected chi connectivity index (χ1v) is 19.2. The summed E-state index contributed by atoms with van der Waals surface area (Å²) in [7, 11) is 0. The number of aliphatic carboxylic acids is 1. The Bertz CT molecular complexity index is 1060. The quantitative estimate of drug-likeness (QED) is 0.0385. The highest BCUT2D eigenvalue weighted by atomic mass is 16.8. The Hall–Kier alpha value is -2.07. The van der Waals surface area contributed by atoms with Crippen molar-refractivity contribution in [3.63, 3.8) is 0 Å². The molecule has 0 aromatic carbocycles. The van der Waals surface area contributed by atoms with Crippen molar-refractivity contribution in [3.05, 3.63) is 0 Å². The van der Waals surface area contributed by atoms with Gasteiger partial charge in [-0.2, -0.15) is 0 Å². The van der Waals surface area contributed by atoms with Crippen molar-refractivity contribution in [3.8, 4) is 0 Å². The van der Waals surface area contributed by atoms with Gasteiger partial charge in [-0.1, -0.05) is 77.6 Å². The summed E-state index contributed by atoms with van der Waals surface area (Å²) in [4.78, 5) is 34.9. The van der Waals surface area contributed by atoms with Gasteiger partial charge in [0.15, 0.2) is 24.8 Å². The van der Waals surface area contributed by atoms with Crippen molar-refractivity contribution >= 4 is 17.9 Å². The maximum Gasteiger partial charge on any atom is 0.332 e. The van der Waals surface area contributed by atoms with E-state index in [0.29, 0.717) is 25.7 Å². The molecule has 0 spiro atoms. The first-order chi connectivity index (χ1) is 25.7. The van der Waals surface area contributed by atoms with Crippen LogP contribution in [0.1, 0.15) is 110 Å². The number of hydrogen-bond acceptors (Lipinski definition) is 17. The second kappa shape index (κ2) is 26.0. The minimum absolute atomic E-state index is 0.250. The Morgan fingerprint density at radius 2 is 1.24 bits per heavy atom. The van der Waals surface area contributed by atoms with Crippen LogP contribution >= 0.6 is 0 Å².